The van der Waals surface area contributed by atoms with Crippen LogP contribution in [0.2, 0.25) is 0 Å². The molecule has 0 bridgehead atoms. The molecule has 156 valence electrons. The van der Waals surface area contributed by atoms with Gasteiger partial charge in [-0.2, -0.15) is 0 Å². The summed E-state index contributed by atoms with van der Waals surface area (Å²) in [7, 11) is 0. The van der Waals surface area contributed by atoms with Gasteiger partial charge in [-0.15, -0.1) is 0 Å². The Hall–Kier alpha value is -3.11. The Morgan fingerprint density at radius 2 is 1.71 bits per heavy atom. The Labute approximate surface area is 183 Å². The van der Waals surface area contributed by atoms with Gasteiger partial charge in [0.25, 0.3) is 0 Å². The number of rotatable bonds is 5. The molecule has 2 heterocycles. The molecule has 4 nitrogen and oxygen atoms in total. The number of aliphatic imine (C=N–C) groups is 1. The van der Waals surface area contributed by atoms with Crippen LogP contribution in [0.25, 0.3) is 32.8 Å². The minimum atomic E-state index is 0.201. The molecule has 31 heavy (non-hydrogen) atoms. The fourth-order valence-electron chi connectivity index (χ4n) is 4.72. The summed E-state index contributed by atoms with van der Waals surface area (Å²) in [6.45, 7) is 4.13. The predicted molar refractivity (Wildman–Crippen MR) is 128 cm³/mol. The number of nitrogens with zero attached hydrogens (tertiary/aromatic N) is 3. The zero-order valence-electron chi connectivity index (χ0n) is 18.1. The van der Waals surface area contributed by atoms with E-state index in [1.165, 1.54) is 21.5 Å². The summed E-state index contributed by atoms with van der Waals surface area (Å²) in [6.07, 6.45) is 8.11. The Morgan fingerprint density at radius 3 is 2.48 bits per heavy atom. The van der Waals surface area contributed by atoms with Crippen LogP contribution in [0.4, 0.5) is 5.69 Å². The maximum absolute atomic E-state index is 6.21. The zero-order chi connectivity index (χ0) is 21.2. The van der Waals surface area contributed by atoms with E-state index in [0.29, 0.717) is 6.10 Å². The minimum Gasteiger partial charge on any atom is -0.375 e. The average Bonchev–Trinajstić information content (AvgIpc) is 3.27. The van der Waals surface area contributed by atoms with Crippen molar-refractivity contribution in [3.05, 3.63) is 66.6 Å². The highest BCUT2D eigenvalue weighted by Crippen LogP contribution is 2.39. The van der Waals surface area contributed by atoms with Gasteiger partial charge < -0.3 is 4.74 Å². The molecule has 4 aromatic rings. The van der Waals surface area contributed by atoms with Crippen molar-refractivity contribution in [3.8, 4) is 11.3 Å². The summed E-state index contributed by atoms with van der Waals surface area (Å²) in [4.78, 5) is 14.1. The van der Waals surface area contributed by atoms with E-state index in [2.05, 4.69) is 66.5 Å². The third kappa shape index (κ3) is 3.72. The Bertz CT molecular complexity index is 1260. The number of benzene rings is 3. The Morgan fingerprint density at radius 1 is 0.968 bits per heavy atom. The number of fused-ring (bicyclic) bond motifs is 3. The lowest BCUT2D eigenvalue weighted by atomic mass is 9.94. The third-order valence-electron chi connectivity index (χ3n) is 6.25. The van der Waals surface area contributed by atoms with Crippen molar-refractivity contribution in [2.45, 2.75) is 51.7 Å². The molecule has 0 N–H and O–H groups in total. The van der Waals surface area contributed by atoms with Gasteiger partial charge in [0.15, 0.2) is 0 Å². The van der Waals surface area contributed by atoms with E-state index in [9.17, 15) is 0 Å². The summed E-state index contributed by atoms with van der Waals surface area (Å²) in [5.41, 5.74) is 3.79. The molecule has 5 rings (SSSR count). The number of ether oxygens (including phenoxy) is 1. The molecule has 4 heteroatoms. The molecule has 1 fully saturated rings. The van der Waals surface area contributed by atoms with Crippen LogP contribution in [0.15, 0.2) is 65.9 Å². The lowest BCUT2D eigenvalue weighted by Gasteiger charge is -2.16. The van der Waals surface area contributed by atoms with E-state index in [1.54, 1.807) is 6.33 Å². The molecular weight excluding hydrogens is 382 g/mol. The standard InChI is InChI=1S/C27H27N3O/c1-3-19-13-14-20(31-19)16-25-27(28-4-2)26(30-17-29-25)24-15-18-9-5-6-10-21(18)22-11-7-8-12-23(22)24/h4-12,15,17,19-20H,3,13-14,16H2,1-2H3. The van der Waals surface area contributed by atoms with Crippen molar-refractivity contribution in [3.63, 3.8) is 0 Å². The van der Waals surface area contributed by atoms with Gasteiger partial charge in [0.1, 0.15) is 17.7 Å². The van der Waals surface area contributed by atoms with Crippen molar-refractivity contribution in [1.29, 1.82) is 0 Å². The van der Waals surface area contributed by atoms with E-state index in [1.807, 2.05) is 13.1 Å². The molecule has 0 radical (unpaired) electrons. The smallest absolute Gasteiger partial charge is 0.116 e. The first-order chi connectivity index (χ1) is 15.3. The molecule has 1 aliphatic rings. The van der Waals surface area contributed by atoms with Gasteiger partial charge in [-0.25, -0.2) is 9.97 Å². The van der Waals surface area contributed by atoms with Gasteiger partial charge in [-0.05, 0) is 53.8 Å². The normalized spacial score (nSPS) is 19.0. The predicted octanol–water partition coefficient (Wildman–Crippen LogP) is 6.67. The van der Waals surface area contributed by atoms with Gasteiger partial charge in [0.05, 0.1) is 17.9 Å². The van der Waals surface area contributed by atoms with Crippen LogP contribution in [0.1, 0.15) is 38.8 Å². The average molecular weight is 410 g/mol. The second kappa shape index (κ2) is 8.56. The van der Waals surface area contributed by atoms with E-state index < -0.39 is 0 Å². The van der Waals surface area contributed by atoms with E-state index in [4.69, 9.17) is 14.7 Å². The molecule has 0 aliphatic carbocycles. The van der Waals surface area contributed by atoms with Crippen molar-refractivity contribution < 1.29 is 4.74 Å². The summed E-state index contributed by atoms with van der Waals surface area (Å²) < 4.78 is 6.21. The second-order valence-corrected chi connectivity index (χ2v) is 8.17. The topological polar surface area (TPSA) is 47.4 Å². The van der Waals surface area contributed by atoms with Gasteiger partial charge in [-0.1, -0.05) is 55.5 Å². The first kappa shape index (κ1) is 19.8. The number of hydrogen-bond donors (Lipinski definition) is 0. The third-order valence-corrected chi connectivity index (χ3v) is 6.25. The highest BCUT2D eigenvalue weighted by molar-refractivity contribution is 6.14. The first-order valence-electron chi connectivity index (χ1n) is 11.2. The molecule has 1 aliphatic heterocycles. The Balaban J connectivity index is 1.67. The maximum atomic E-state index is 6.21. The molecule has 1 aromatic heterocycles. The van der Waals surface area contributed by atoms with Crippen molar-refractivity contribution in [2.24, 2.45) is 4.99 Å². The summed E-state index contributed by atoms with van der Waals surface area (Å²) >= 11 is 0. The molecule has 0 saturated carbocycles. The van der Waals surface area contributed by atoms with Gasteiger partial charge in [-0.3, -0.25) is 4.99 Å². The highest BCUT2D eigenvalue weighted by atomic mass is 16.5. The van der Waals surface area contributed by atoms with Crippen LogP contribution in [-0.2, 0) is 11.2 Å². The molecule has 3 aromatic carbocycles. The van der Waals surface area contributed by atoms with Crippen molar-refractivity contribution >= 4 is 33.4 Å². The van der Waals surface area contributed by atoms with Gasteiger partial charge >= 0.3 is 0 Å². The van der Waals surface area contributed by atoms with Crippen LogP contribution >= 0.6 is 0 Å². The zero-order valence-corrected chi connectivity index (χ0v) is 18.1. The summed E-state index contributed by atoms with van der Waals surface area (Å²) in [6, 6.07) is 19.3. The van der Waals surface area contributed by atoms with Crippen LogP contribution < -0.4 is 0 Å². The fourth-order valence-corrected chi connectivity index (χ4v) is 4.72. The molecule has 0 amide bonds. The molecule has 2 atom stereocenters. The molecule has 1 saturated heterocycles. The number of aromatic nitrogens is 2. The number of hydrogen-bond acceptors (Lipinski definition) is 4. The second-order valence-electron chi connectivity index (χ2n) is 8.17. The Kier molecular flexibility index (Phi) is 5.47. The van der Waals surface area contributed by atoms with E-state index >= 15 is 0 Å². The van der Waals surface area contributed by atoms with Gasteiger partial charge in [0, 0.05) is 18.2 Å². The first-order valence-corrected chi connectivity index (χ1v) is 11.2. The van der Waals surface area contributed by atoms with E-state index in [0.717, 1.165) is 48.3 Å². The largest absolute Gasteiger partial charge is 0.375 e. The van der Waals surface area contributed by atoms with Crippen molar-refractivity contribution in [2.75, 3.05) is 0 Å². The van der Waals surface area contributed by atoms with Crippen LogP contribution in [0.3, 0.4) is 0 Å². The highest BCUT2D eigenvalue weighted by Gasteiger charge is 2.26. The molecule has 2 unspecified atom stereocenters. The van der Waals surface area contributed by atoms with Crippen LogP contribution in [-0.4, -0.2) is 28.4 Å². The molecule has 0 spiro atoms. The fraction of sp³-hybridized carbons (Fsp3) is 0.296. The van der Waals surface area contributed by atoms with Gasteiger partial charge in [0.2, 0.25) is 0 Å². The van der Waals surface area contributed by atoms with Crippen molar-refractivity contribution in [1.82, 2.24) is 9.97 Å². The summed E-state index contributed by atoms with van der Waals surface area (Å²) in [5, 5.41) is 4.86. The monoisotopic (exact) mass is 409 g/mol. The van der Waals surface area contributed by atoms with Crippen LogP contribution in [0.5, 0.6) is 0 Å². The lowest BCUT2D eigenvalue weighted by molar-refractivity contribution is 0.0434. The SMILES string of the molecule is CC=Nc1c(CC2CCC(CC)O2)ncnc1-c1cc2ccccc2c2ccccc12. The molecular formula is C27H27N3O. The lowest BCUT2D eigenvalue weighted by Crippen LogP contribution is -2.14. The summed E-state index contributed by atoms with van der Waals surface area (Å²) in [5.74, 6) is 0. The maximum Gasteiger partial charge on any atom is 0.116 e. The minimum absolute atomic E-state index is 0.201. The van der Waals surface area contributed by atoms with E-state index in [-0.39, 0.29) is 6.10 Å². The quantitative estimate of drug-likeness (QED) is 0.273. The van der Waals surface area contributed by atoms with Crippen LogP contribution in [0, 0.1) is 0 Å².